The number of hydrogen-bond donors (Lipinski definition) is 2. The van der Waals surface area contributed by atoms with Crippen molar-refractivity contribution in [3.8, 4) is 0 Å². The average Bonchev–Trinajstić information content (AvgIpc) is 1.41. The van der Waals surface area contributed by atoms with Crippen molar-refractivity contribution in [3.63, 3.8) is 0 Å². The molecule has 2 nitrogen and oxygen atoms in total. The fourth-order valence-electron chi connectivity index (χ4n) is 0.112. The number of nitrogens with one attached hydrogen (secondary N) is 1. The molecule has 0 rings (SSSR count). The molecule has 0 bridgehead atoms. The Kier molecular flexibility index (Phi) is 15.6. The maximum atomic E-state index is 7.96. The van der Waals surface area contributed by atoms with Crippen molar-refractivity contribution in [1.82, 2.24) is 5.32 Å². The van der Waals surface area contributed by atoms with E-state index in [1.54, 1.807) is 0 Å². The molecule has 0 aliphatic rings. The van der Waals surface area contributed by atoms with Crippen LogP contribution < -0.4 is 5.32 Å². The van der Waals surface area contributed by atoms with Gasteiger partial charge in [-0.3, -0.25) is 5.32 Å². The van der Waals surface area contributed by atoms with Crippen molar-refractivity contribution in [2.45, 2.75) is 6.92 Å². The van der Waals surface area contributed by atoms with Gasteiger partial charge in [-0.05, 0) is 6.54 Å². The summed E-state index contributed by atoms with van der Waals surface area (Å²) in [4.78, 5) is 0. The van der Waals surface area contributed by atoms with Gasteiger partial charge in [0.25, 0.3) is 0 Å². The molecule has 0 aromatic rings. The summed E-state index contributed by atoms with van der Waals surface area (Å²) in [7, 11) is 0. The van der Waals surface area contributed by atoms with Crippen LogP contribution in [-0.2, 0) is 0 Å². The molecular formula is C3H10NNaO. The molecule has 0 radical (unpaired) electrons. The predicted molar refractivity (Wildman–Crippen MR) is 27.9 cm³/mol. The monoisotopic (exact) mass is 99.1 g/mol. The Morgan fingerprint density at radius 1 is 1.67 bits per heavy atom. The van der Waals surface area contributed by atoms with Crippen LogP contribution >= 0.6 is 0 Å². The van der Waals surface area contributed by atoms with E-state index in [0.29, 0.717) is 0 Å². The Morgan fingerprint density at radius 3 is 2.17 bits per heavy atom. The van der Waals surface area contributed by atoms with Crippen molar-refractivity contribution >= 4 is 29.6 Å². The zero-order valence-electron chi connectivity index (χ0n) is 3.36. The molecule has 2 N–H and O–H groups in total. The second kappa shape index (κ2) is 9.33. The SMILES string of the molecule is CCNCO.[NaH]. The van der Waals surface area contributed by atoms with Gasteiger partial charge in [0, 0.05) is 0 Å². The fraction of sp³-hybridized carbons (Fsp3) is 1.00. The molecule has 0 aromatic heterocycles. The summed E-state index contributed by atoms with van der Waals surface area (Å²) < 4.78 is 0. The van der Waals surface area contributed by atoms with E-state index in [1.807, 2.05) is 6.92 Å². The van der Waals surface area contributed by atoms with Gasteiger partial charge in [-0.15, -0.1) is 0 Å². The summed E-state index contributed by atoms with van der Waals surface area (Å²) in [5, 5.41) is 10.6. The maximum absolute atomic E-state index is 7.96. The van der Waals surface area contributed by atoms with Crippen LogP contribution in [-0.4, -0.2) is 47.9 Å². The molecule has 6 heavy (non-hydrogen) atoms. The summed E-state index contributed by atoms with van der Waals surface area (Å²) in [6.45, 7) is 2.88. The zero-order valence-corrected chi connectivity index (χ0v) is 3.36. The van der Waals surface area contributed by atoms with Crippen LogP contribution in [0.25, 0.3) is 0 Å². The molecule has 0 saturated carbocycles. The number of aliphatic hydroxyl groups excluding tert-OH is 1. The molecule has 0 saturated heterocycles. The van der Waals surface area contributed by atoms with Crippen molar-refractivity contribution in [1.29, 1.82) is 0 Å². The van der Waals surface area contributed by atoms with E-state index in [9.17, 15) is 0 Å². The Bertz CT molecular complexity index is 18.3. The summed E-state index contributed by atoms with van der Waals surface area (Å²) in [6.07, 6.45) is 0. The Labute approximate surface area is 60.2 Å². The normalized spacial score (nSPS) is 7.00. The molecule has 0 heterocycles. The van der Waals surface area contributed by atoms with E-state index in [-0.39, 0.29) is 36.3 Å². The van der Waals surface area contributed by atoms with Crippen molar-refractivity contribution < 1.29 is 5.11 Å². The molecule has 0 aliphatic carbocycles. The number of hydrogen-bond acceptors (Lipinski definition) is 2. The van der Waals surface area contributed by atoms with Crippen LogP contribution in [0.1, 0.15) is 6.92 Å². The molecule has 0 aromatic carbocycles. The molecule has 0 unspecified atom stereocenters. The first kappa shape index (κ1) is 10.0. The topological polar surface area (TPSA) is 32.3 Å². The van der Waals surface area contributed by atoms with Crippen LogP contribution in [0.5, 0.6) is 0 Å². The Balaban J connectivity index is 0. The second-order valence-corrected chi connectivity index (χ2v) is 0.762. The molecule has 0 atom stereocenters. The van der Waals surface area contributed by atoms with Gasteiger partial charge in [0.2, 0.25) is 0 Å². The van der Waals surface area contributed by atoms with Gasteiger partial charge >= 0.3 is 29.6 Å². The fourth-order valence-corrected chi connectivity index (χ4v) is 0.112. The van der Waals surface area contributed by atoms with Gasteiger partial charge in [0.15, 0.2) is 0 Å². The van der Waals surface area contributed by atoms with Crippen molar-refractivity contribution in [2.24, 2.45) is 0 Å². The van der Waals surface area contributed by atoms with E-state index in [2.05, 4.69) is 5.32 Å². The minimum absolute atomic E-state index is 0. The van der Waals surface area contributed by atoms with Gasteiger partial charge in [0.1, 0.15) is 0 Å². The summed E-state index contributed by atoms with van der Waals surface area (Å²) in [5.41, 5.74) is 0. The van der Waals surface area contributed by atoms with Crippen LogP contribution in [0.4, 0.5) is 0 Å². The van der Waals surface area contributed by atoms with Gasteiger partial charge in [-0.2, -0.15) is 0 Å². The average molecular weight is 99.1 g/mol. The number of aliphatic hydroxyl groups is 1. The molecular weight excluding hydrogens is 89.0 g/mol. The van der Waals surface area contributed by atoms with Gasteiger partial charge in [0.05, 0.1) is 6.73 Å². The van der Waals surface area contributed by atoms with E-state index in [0.717, 1.165) is 6.54 Å². The third-order valence-electron chi connectivity index (χ3n) is 0.362. The van der Waals surface area contributed by atoms with E-state index in [1.165, 1.54) is 0 Å². The molecule has 0 amide bonds. The first-order valence-corrected chi connectivity index (χ1v) is 1.73. The number of rotatable bonds is 2. The van der Waals surface area contributed by atoms with Crippen LogP contribution in [0, 0.1) is 0 Å². The molecule has 34 valence electrons. The van der Waals surface area contributed by atoms with Crippen LogP contribution in [0.3, 0.4) is 0 Å². The van der Waals surface area contributed by atoms with Gasteiger partial charge < -0.3 is 5.11 Å². The molecule has 0 spiro atoms. The standard InChI is InChI=1S/C3H9NO.Na.H/c1-2-4-3-5;;/h4-5H,2-3H2,1H3;;. The van der Waals surface area contributed by atoms with Crippen molar-refractivity contribution in [2.75, 3.05) is 13.3 Å². The first-order chi connectivity index (χ1) is 2.41. The quantitative estimate of drug-likeness (QED) is 0.340. The van der Waals surface area contributed by atoms with Gasteiger partial charge in [-0.1, -0.05) is 6.92 Å². The summed E-state index contributed by atoms with van der Waals surface area (Å²) in [5.74, 6) is 0. The van der Waals surface area contributed by atoms with Gasteiger partial charge in [-0.25, -0.2) is 0 Å². The molecule has 0 fully saturated rings. The minimum atomic E-state index is 0. The second-order valence-electron chi connectivity index (χ2n) is 0.762. The van der Waals surface area contributed by atoms with E-state index in [4.69, 9.17) is 5.11 Å². The van der Waals surface area contributed by atoms with Crippen molar-refractivity contribution in [3.05, 3.63) is 0 Å². The molecule has 3 heteroatoms. The first-order valence-electron chi connectivity index (χ1n) is 1.73. The third-order valence-corrected chi connectivity index (χ3v) is 0.362. The third kappa shape index (κ3) is 8.87. The molecule has 0 aliphatic heterocycles. The zero-order chi connectivity index (χ0) is 4.12. The Hall–Kier alpha value is 0.920. The summed E-state index contributed by atoms with van der Waals surface area (Å²) in [6, 6.07) is 0. The van der Waals surface area contributed by atoms with E-state index < -0.39 is 0 Å². The Morgan fingerprint density at radius 2 is 2.17 bits per heavy atom. The predicted octanol–water partition coefficient (Wildman–Crippen LogP) is -1.10. The van der Waals surface area contributed by atoms with Crippen LogP contribution in [0.15, 0.2) is 0 Å². The van der Waals surface area contributed by atoms with Crippen LogP contribution in [0.2, 0.25) is 0 Å². The van der Waals surface area contributed by atoms with E-state index >= 15 is 0 Å². The summed E-state index contributed by atoms with van der Waals surface area (Å²) >= 11 is 0.